The van der Waals surface area contributed by atoms with Crippen molar-refractivity contribution >= 4 is 6.16 Å². The van der Waals surface area contributed by atoms with Crippen molar-refractivity contribution in [3.8, 4) is 0 Å². The van der Waals surface area contributed by atoms with Gasteiger partial charge in [-0.05, 0) is 62.8 Å². The topological polar surface area (TPSA) is 54.0 Å². The molecule has 2 unspecified atom stereocenters. The van der Waals surface area contributed by atoms with E-state index in [-0.39, 0.29) is 6.10 Å². The molecule has 0 rings (SSSR count). The zero-order valence-corrected chi connectivity index (χ0v) is 15.5. The molecule has 0 aliphatic heterocycles. The van der Waals surface area contributed by atoms with Crippen LogP contribution in [0.15, 0.2) is 0 Å². The maximum atomic E-state index is 11.7. The molecular formula is C17H34O5. The van der Waals surface area contributed by atoms with Gasteiger partial charge < -0.3 is 4.74 Å². The Balaban J connectivity index is 4.30. The standard InChI is InChI=1S/C17H34O5/c1-12(2)9-14(5)11-15(10-13(3)4)19-16(18)20-22-21-17(6,7)8/h12-15H,9-11H2,1-8H3. The van der Waals surface area contributed by atoms with Crippen LogP contribution in [0.5, 0.6) is 0 Å². The third-order valence-electron chi connectivity index (χ3n) is 2.92. The van der Waals surface area contributed by atoms with Crippen LogP contribution in [0.3, 0.4) is 0 Å². The first-order valence-corrected chi connectivity index (χ1v) is 8.22. The minimum Gasteiger partial charge on any atom is -0.429 e. The van der Waals surface area contributed by atoms with Gasteiger partial charge in [0.1, 0.15) is 6.10 Å². The number of ether oxygens (including phenoxy) is 1. The highest BCUT2D eigenvalue weighted by atomic mass is 17.5. The molecule has 0 N–H and O–H groups in total. The van der Waals surface area contributed by atoms with Gasteiger partial charge in [-0.1, -0.05) is 34.6 Å². The zero-order valence-electron chi connectivity index (χ0n) is 15.5. The van der Waals surface area contributed by atoms with Crippen molar-refractivity contribution < 1.29 is 24.3 Å². The molecule has 0 radical (unpaired) electrons. The molecule has 0 fully saturated rings. The van der Waals surface area contributed by atoms with Crippen molar-refractivity contribution in [2.75, 3.05) is 0 Å². The van der Waals surface area contributed by atoms with Crippen molar-refractivity contribution in [2.24, 2.45) is 17.8 Å². The largest absolute Gasteiger partial charge is 0.542 e. The monoisotopic (exact) mass is 318 g/mol. The van der Waals surface area contributed by atoms with Crippen molar-refractivity contribution in [3.63, 3.8) is 0 Å². The van der Waals surface area contributed by atoms with Crippen LogP contribution < -0.4 is 0 Å². The van der Waals surface area contributed by atoms with Gasteiger partial charge in [-0.15, -0.1) is 0 Å². The average Bonchev–Trinajstić information content (AvgIpc) is 2.23. The summed E-state index contributed by atoms with van der Waals surface area (Å²) in [6.07, 6.45) is 1.71. The molecule has 0 amide bonds. The fraction of sp³-hybridized carbons (Fsp3) is 0.941. The van der Waals surface area contributed by atoms with Crippen LogP contribution in [0.25, 0.3) is 0 Å². The zero-order chi connectivity index (χ0) is 17.3. The Morgan fingerprint density at radius 2 is 1.45 bits per heavy atom. The molecule has 5 heteroatoms. The van der Waals surface area contributed by atoms with Gasteiger partial charge in [0.2, 0.25) is 0 Å². The van der Waals surface area contributed by atoms with Crippen molar-refractivity contribution in [1.82, 2.24) is 0 Å². The maximum Gasteiger partial charge on any atom is 0.542 e. The van der Waals surface area contributed by atoms with Crippen LogP contribution in [0, 0.1) is 17.8 Å². The van der Waals surface area contributed by atoms with Crippen LogP contribution >= 0.6 is 0 Å². The predicted octanol–water partition coefficient (Wildman–Crippen LogP) is 5.29. The molecule has 0 bridgehead atoms. The van der Waals surface area contributed by atoms with E-state index in [1.807, 2.05) is 0 Å². The summed E-state index contributed by atoms with van der Waals surface area (Å²) in [5, 5.41) is 4.46. The lowest BCUT2D eigenvalue weighted by Gasteiger charge is -2.23. The highest BCUT2D eigenvalue weighted by Crippen LogP contribution is 2.22. The van der Waals surface area contributed by atoms with E-state index in [4.69, 9.17) is 9.62 Å². The van der Waals surface area contributed by atoms with Gasteiger partial charge >= 0.3 is 6.16 Å². The quantitative estimate of drug-likeness (QED) is 0.328. The summed E-state index contributed by atoms with van der Waals surface area (Å²) in [5.74, 6) is 1.56. The molecule has 0 saturated heterocycles. The van der Waals surface area contributed by atoms with E-state index in [1.165, 1.54) is 0 Å². The van der Waals surface area contributed by atoms with Gasteiger partial charge in [0, 0.05) is 0 Å². The third-order valence-corrected chi connectivity index (χ3v) is 2.92. The smallest absolute Gasteiger partial charge is 0.429 e. The lowest BCUT2D eigenvalue weighted by atomic mass is 9.91. The lowest BCUT2D eigenvalue weighted by molar-refractivity contribution is -0.515. The summed E-state index contributed by atoms with van der Waals surface area (Å²) in [6.45, 7) is 16.1. The average molecular weight is 318 g/mol. The molecule has 22 heavy (non-hydrogen) atoms. The fourth-order valence-corrected chi connectivity index (χ4v) is 2.37. The molecule has 0 aromatic heterocycles. The summed E-state index contributed by atoms with van der Waals surface area (Å²) in [6, 6.07) is 0. The second-order valence-corrected chi connectivity index (χ2v) is 7.94. The highest BCUT2D eigenvalue weighted by Gasteiger charge is 2.22. The van der Waals surface area contributed by atoms with E-state index in [1.54, 1.807) is 20.8 Å². The van der Waals surface area contributed by atoms with Crippen molar-refractivity contribution in [1.29, 1.82) is 0 Å². The number of hydrogen-bond acceptors (Lipinski definition) is 5. The van der Waals surface area contributed by atoms with Crippen LogP contribution in [0.2, 0.25) is 0 Å². The normalized spacial score (nSPS) is 15.0. The van der Waals surface area contributed by atoms with Crippen molar-refractivity contribution in [2.45, 2.75) is 86.4 Å². The molecule has 0 aromatic carbocycles. The van der Waals surface area contributed by atoms with Crippen LogP contribution in [0.4, 0.5) is 4.79 Å². The second kappa shape index (κ2) is 10.1. The Bertz CT molecular complexity index is 307. The molecular weight excluding hydrogens is 284 g/mol. The Hall–Kier alpha value is -0.810. The lowest BCUT2D eigenvalue weighted by Crippen LogP contribution is -2.25. The minimum atomic E-state index is -0.855. The van der Waals surface area contributed by atoms with Crippen LogP contribution in [-0.2, 0) is 19.6 Å². The fourth-order valence-electron chi connectivity index (χ4n) is 2.37. The summed E-state index contributed by atoms with van der Waals surface area (Å²) in [4.78, 5) is 21.1. The van der Waals surface area contributed by atoms with Gasteiger partial charge in [0.25, 0.3) is 0 Å². The van der Waals surface area contributed by atoms with Crippen LogP contribution in [0.1, 0.15) is 74.7 Å². The summed E-state index contributed by atoms with van der Waals surface area (Å²) in [5.41, 5.74) is -0.552. The number of rotatable bonds is 9. The molecule has 0 aliphatic rings. The first-order chi connectivity index (χ1) is 9.99. The Labute approximate surface area is 135 Å². The maximum absolute atomic E-state index is 11.7. The second-order valence-electron chi connectivity index (χ2n) is 7.94. The Kier molecular flexibility index (Phi) is 9.69. The van der Waals surface area contributed by atoms with Gasteiger partial charge in [-0.25, -0.2) is 9.68 Å². The summed E-state index contributed by atoms with van der Waals surface area (Å²) < 4.78 is 5.36. The molecule has 0 aromatic rings. The summed E-state index contributed by atoms with van der Waals surface area (Å²) in [7, 11) is 0. The molecule has 0 aliphatic carbocycles. The van der Waals surface area contributed by atoms with Gasteiger partial charge in [0.15, 0.2) is 0 Å². The Morgan fingerprint density at radius 1 is 0.909 bits per heavy atom. The first-order valence-electron chi connectivity index (χ1n) is 8.22. The van der Waals surface area contributed by atoms with Gasteiger partial charge in [-0.3, -0.25) is 0 Å². The van der Waals surface area contributed by atoms with Crippen molar-refractivity contribution in [3.05, 3.63) is 0 Å². The Morgan fingerprint density at radius 3 is 1.91 bits per heavy atom. The van der Waals surface area contributed by atoms with Gasteiger partial charge in [0.05, 0.1) is 5.60 Å². The number of carbonyl (C=O) groups is 1. The van der Waals surface area contributed by atoms with E-state index in [0.717, 1.165) is 19.3 Å². The van der Waals surface area contributed by atoms with E-state index in [9.17, 15) is 4.79 Å². The van der Waals surface area contributed by atoms with E-state index in [2.05, 4.69) is 44.5 Å². The number of carbonyl (C=O) groups excluding carboxylic acids is 1. The first kappa shape index (κ1) is 21.2. The van der Waals surface area contributed by atoms with Gasteiger partial charge in [-0.2, -0.15) is 4.89 Å². The van der Waals surface area contributed by atoms with E-state index in [0.29, 0.717) is 17.8 Å². The van der Waals surface area contributed by atoms with E-state index < -0.39 is 11.8 Å². The molecule has 0 saturated carbocycles. The molecule has 0 spiro atoms. The molecule has 5 nitrogen and oxygen atoms in total. The third kappa shape index (κ3) is 12.9. The molecule has 0 heterocycles. The molecule has 132 valence electrons. The SMILES string of the molecule is CC(C)CC(C)CC(CC(C)C)OC(=O)OOOC(C)(C)C. The predicted molar refractivity (Wildman–Crippen MR) is 86.0 cm³/mol. The van der Waals surface area contributed by atoms with E-state index >= 15 is 0 Å². The minimum absolute atomic E-state index is 0.167. The molecule has 2 atom stereocenters. The number of hydrogen-bond donors (Lipinski definition) is 0. The van der Waals surface area contributed by atoms with Crippen LogP contribution in [-0.4, -0.2) is 17.9 Å². The summed E-state index contributed by atoms with van der Waals surface area (Å²) >= 11 is 0. The highest BCUT2D eigenvalue weighted by molar-refractivity contribution is 5.59.